The Hall–Kier alpha value is -2.61. The number of carbonyl (C=O) groups is 1. The number of benzene rings is 2. The van der Waals surface area contributed by atoms with Crippen molar-refractivity contribution in [1.29, 1.82) is 0 Å². The van der Waals surface area contributed by atoms with Gasteiger partial charge in [-0.15, -0.1) is 0 Å². The van der Waals surface area contributed by atoms with Gasteiger partial charge in [0.25, 0.3) is 0 Å². The number of nitrogens with one attached hydrogen (secondary N) is 1. The van der Waals surface area contributed by atoms with Crippen molar-refractivity contribution in [2.45, 2.75) is 39.3 Å². The predicted molar refractivity (Wildman–Crippen MR) is 112 cm³/mol. The Kier molecular flexibility index (Phi) is 7.61. The van der Waals surface area contributed by atoms with E-state index in [1.165, 1.54) is 12.1 Å². The Bertz CT molecular complexity index is 932. The smallest absolute Gasteiger partial charge is 0.244 e. The summed E-state index contributed by atoms with van der Waals surface area (Å²) in [5, 5.41) is 2.81. The van der Waals surface area contributed by atoms with E-state index in [2.05, 4.69) is 5.32 Å². The van der Waals surface area contributed by atoms with Crippen LogP contribution in [-0.4, -0.2) is 39.3 Å². The van der Waals surface area contributed by atoms with Crippen LogP contribution in [0, 0.1) is 12.7 Å². The number of anilines is 1. The minimum atomic E-state index is -3.77. The van der Waals surface area contributed by atoms with Crippen LogP contribution >= 0.6 is 0 Å². The summed E-state index contributed by atoms with van der Waals surface area (Å²) in [4.78, 5) is 12.8. The molecule has 2 rings (SSSR count). The molecule has 1 N–H and O–H groups in total. The van der Waals surface area contributed by atoms with Crippen LogP contribution in [-0.2, 0) is 14.8 Å². The van der Waals surface area contributed by atoms with Crippen molar-refractivity contribution < 1.29 is 22.3 Å². The first kappa shape index (κ1) is 22.7. The van der Waals surface area contributed by atoms with E-state index in [1.807, 2.05) is 31.2 Å². The summed E-state index contributed by atoms with van der Waals surface area (Å²) in [5.74, 6) is -0.200. The molecule has 0 unspecified atom stereocenters. The summed E-state index contributed by atoms with van der Waals surface area (Å²) >= 11 is 0. The fraction of sp³-hybridized carbons (Fsp3) is 0.381. The average molecular weight is 423 g/mol. The van der Waals surface area contributed by atoms with Crippen LogP contribution < -0.4 is 14.4 Å². The van der Waals surface area contributed by atoms with E-state index in [4.69, 9.17) is 4.74 Å². The number of ether oxygens (including phenoxy) is 1. The summed E-state index contributed by atoms with van der Waals surface area (Å²) in [5.41, 5.74) is 1.22. The molecule has 2 aromatic carbocycles. The van der Waals surface area contributed by atoms with Gasteiger partial charge >= 0.3 is 0 Å². The van der Waals surface area contributed by atoms with E-state index in [0.29, 0.717) is 0 Å². The van der Waals surface area contributed by atoms with Crippen LogP contribution in [0.2, 0.25) is 0 Å². The summed E-state index contributed by atoms with van der Waals surface area (Å²) in [6.07, 6.45) is 1.28. The van der Waals surface area contributed by atoms with Gasteiger partial charge in [0.15, 0.2) is 0 Å². The molecule has 2 aromatic rings. The normalized spacial score (nSPS) is 13.4. The van der Waals surface area contributed by atoms with Gasteiger partial charge in [-0.2, -0.15) is 0 Å². The molecule has 2 atom stereocenters. The van der Waals surface area contributed by atoms with Crippen molar-refractivity contribution in [2.24, 2.45) is 0 Å². The van der Waals surface area contributed by atoms with Gasteiger partial charge in [0.05, 0.1) is 18.0 Å². The minimum absolute atomic E-state index is 0.236. The molecule has 0 aliphatic heterocycles. The predicted octanol–water partition coefficient (Wildman–Crippen LogP) is 3.26. The molecule has 0 spiro atoms. The molecule has 1 amide bonds. The second-order valence-electron chi connectivity index (χ2n) is 6.95. The van der Waals surface area contributed by atoms with Crippen molar-refractivity contribution in [3.8, 4) is 5.75 Å². The van der Waals surface area contributed by atoms with Crippen LogP contribution in [0.4, 0.5) is 10.1 Å². The van der Waals surface area contributed by atoms with Crippen LogP contribution in [0.3, 0.4) is 0 Å². The van der Waals surface area contributed by atoms with Crippen LogP contribution in [0.15, 0.2) is 48.5 Å². The Morgan fingerprint density at radius 1 is 1.17 bits per heavy atom. The number of sulfonamides is 1. The maximum absolute atomic E-state index is 13.3. The number of hydrogen-bond donors (Lipinski definition) is 1. The second kappa shape index (κ2) is 9.73. The van der Waals surface area contributed by atoms with Gasteiger partial charge < -0.3 is 10.1 Å². The molecule has 0 radical (unpaired) electrons. The van der Waals surface area contributed by atoms with Gasteiger partial charge in [0, 0.05) is 0 Å². The van der Waals surface area contributed by atoms with Crippen molar-refractivity contribution in [2.75, 3.05) is 17.2 Å². The quantitative estimate of drug-likeness (QED) is 0.673. The molecule has 8 heteroatoms. The number of para-hydroxylation sites is 1. The SMILES string of the molecule is CC[C@H](C(=O)N[C@@H](C)COc1ccccc1C)N(c1ccc(F)cc1)S(C)(=O)=O. The summed E-state index contributed by atoms with van der Waals surface area (Å²) in [7, 11) is -3.77. The molecule has 0 fully saturated rings. The van der Waals surface area contributed by atoms with Gasteiger partial charge in [-0.3, -0.25) is 9.10 Å². The zero-order valence-electron chi connectivity index (χ0n) is 17.1. The first-order valence-electron chi connectivity index (χ1n) is 9.37. The standard InChI is InChI=1S/C21H27FN2O4S/c1-5-19(24(29(4,26)27)18-12-10-17(22)11-13-18)21(25)23-16(3)14-28-20-9-7-6-8-15(20)2/h6-13,16,19H,5,14H2,1-4H3,(H,23,25)/t16-,19+/m0/s1. The second-order valence-corrected chi connectivity index (χ2v) is 8.80. The number of nitrogens with zero attached hydrogens (tertiary/aromatic N) is 1. The van der Waals surface area contributed by atoms with Crippen LogP contribution in [0.1, 0.15) is 25.8 Å². The Morgan fingerprint density at radius 3 is 2.34 bits per heavy atom. The summed E-state index contributed by atoms with van der Waals surface area (Å²) < 4.78 is 44.8. The van der Waals surface area contributed by atoms with Gasteiger partial charge in [-0.1, -0.05) is 25.1 Å². The van der Waals surface area contributed by atoms with E-state index >= 15 is 0 Å². The number of amides is 1. The maximum Gasteiger partial charge on any atom is 0.244 e. The minimum Gasteiger partial charge on any atom is -0.491 e. The fourth-order valence-electron chi connectivity index (χ4n) is 2.96. The first-order valence-corrected chi connectivity index (χ1v) is 11.2. The maximum atomic E-state index is 13.3. The molecule has 29 heavy (non-hydrogen) atoms. The van der Waals surface area contributed by atoms with Crippen LogP contribution in [0.5, 0.6) is 5.75 Å². The molecule has 0 saturated heterocycles. The first-order chi connectivity index (χ1) is 13.6. The van der Waals surface area contributed by atoms with Crippen LogP contribution in [0.25, 0.3) is 0 Å². The molecule has 0 bridgehead atoms. The zero-order valence-corrected chi connectivity index (χ0v) is 17.9. The van der Waals surface area contributed by atoms with Crippen molar-refractivity contribution in [3.05, 3.63) is 59.9 Å². The lowest BCUT2D eigenvalue weighted by molar-refractivity contribution is -0.123. The highest BCUT2D eigenvalue weighted by Gasteiger charge is 2.32. The van der Waals surface area contributed by atoms with Gasteiger partial charge in [0.2, 0.25) is 15.9 Å². The molecule has 0 aliphatic rings. The third-order valence-corrected chi connectivity index (χ3v) is 5.56. The third-order valence-electron chi connectivity index (χ3n) is 4.38. The molecule has 0 saturated carbocycles. The van der Waals surface area contributed by atoms with E-state index in [9.17, 15) is 17.6 Å². The van der Waals surface area contributed by atoms with Gasteiger partial charge in [-0.05, 0) is 56.2 Å². The lowest BCUT2D eigenvalue weighted by Gasteiger charge is -2.31. The average Bonchev–Trinajstić information content (AvgIpc) is 2.65. The number of rotatable bonds is 9. The van der Waals surface area contributed by atoms with Gasteiger partial charge in [0.1, 0.15) is 24.2 Å². The van der Waals surface area contributed by atoms with E-state index in [0.717, 1.165) is 34.0 Å². The topological polar surface area (TPSA) is 75.7 Å². The van der Waals surface area contributed by atoms with E-state index < -0.39 is 27.8 Å². The number of halogens is 1. The zero-order chi connectivity index (χ0) is 21.6. The Balaban J connectivity index is 2.12. The van der Waals surface area contributed by atoms with Crippen molar-refractivity contribution in [3.63, 3.8) is 0 Å². The third kappa shape index (κ3) is 6.19. The molecular formula is C21H27FN2O4S. The lowest BCUT2D eigenvalue weighted by Crippen LogP contribution is -2.52. The van der Waals surface area contributed by atoms with E-state index in [1.54, 1.807) is 13.8 Å². The molecule has 0 heterocycles. The van der Waals surface area contributed by atoms with Gasteiger partial charge in [-0.25, -0.2) is 12.8 Å². The summed E-state index contributed by atoms with van der Waals surface area (Å²) in [6.45, 7) is 5.67. The highest BCUT2D eigenvalue weighted by atomic mass is 32.2. The molecule has 6 nitrogen and oxygen atoms in total. The highest BCUT2D eigenvalue weighted by Crippen LogP contribution is 2.23. The van der Waals surface area contributed by atoms with Crippen molar-refractivity contribution in [1.82, 2.24) is 5.32 Å². The number of hydrogen-bond acceptors (Lipinski definition) is 4. The lowest BCUT2D eigenvalue weighted by atomic mass is 10.1. The van der Waals surface area contributed by atoms with Crippen molar-refractivity contribution >= 4 is 21.6 Å². The molecular weight excluding hydrogens is 395 g/mol. The summed E-state index contributed by atoms with van der Waals surface area (Å²) in [6, 6.07) is 11.3. The molecule has 158 valence electrons. The Morgan fingerprint density at radius 2 is 1.79 bits per heavy atom. The molecule has 0 aromatic heterocycles. The van der Waals surface area contributed by atoms with E-state index in [-0.39, 0.29) is 24.8 Å². The monoisotopic (exact) mass is 422 g/mol. The fourth-order valence-corrected chi connectivity index (χ4v) is 4.17. The number of carbonyl (C=O) groups excluding carboxylic acids is 1. The largest absolute Gasteiger partial charge is 0.491 e. The highest BCUT2D eigenvalue weighted by molar-refractivity contribution is 7.92. The molecule has 0 aliphatic carbocycles. The number of aryl methyl sites for hydroxylation is 1. The Labute approximate surface area is 171 Å².